The van der Waals surface area contributed by atoms with Crippen LogP contribution in [0.4, 0.5) is 17.6 Å². The molecule has 0 amide bonds. The van der Waals surface area contributed by atoms with E-state index in [1.165, 1.54) is 25.5 Å². The molecular weight excluding hydrogens is 558 g/mol. The zero-order valence-corrected chi connectivity index (χ0v) is 24.5. The largest absolute Gasteiger partial charge is 0.493 e. The van der Waals surface area contributed by atoms with Crippen LogP contribution in [0.5, 0.6) is 17.2 Å². The topological polar surface area (TPSA) is 39.5 Å². The lowest BCUT2D eigenvalue weighted by molar-refractivity contribution is -0.140. The van der Waals surface area contributed by atoms with Crippen molar-refractivity contribution < 1.29 is 27.0 Å². The average molecular weight is 596 g/mol. The number of imidazole rings is 1. The molecule has 0 saturated carbocycles. The zero-order chi connectivity index (χ0) is 30.4. The Kier molecular flexibility index (Phi) is 9.70. The molecule has 1 aliphatic rings. The van der Waals surface area contributed by atoms with E-state index in [1.54, 1.807) is 12.1 Å². The maximum absolute atomic E-state index is 13.7. The Morgan fingerprint density at radius 1 is 0.930 bits per heavy atom. The van der Waals surface area contributed by atoms with Crippen molar-refractivity contribution >= 4 is 0 Å². The van der Waals surface area contributed by atoms with Crippen LogP contribution >= 0.6 is 0 Å². The second kappa shape index (κ2) is 13.6. The molecule has 1 aliphatic heterocycles. The minimum absolute atomic E-state index is 0.0934. The number of benzene rings is 3. The van der Waals surface area contributed by atoms with Crippen LogP contribution in [-0.4, -0.2) is 40.7 Å². The number of likely N-dealkylation sites (tertiary alicyclic amines) is 1. The highest BCUT2D eigenvalue weighted by atomic mass is 19.4. The van der Waals surface area contributed by atoms with Gasteiger partial charge in [-0.25, -0.2) is 9.37 Å². The molecule has 0 bridgehead atoms. The quantitative estimate of drug-likeness (QED) is 0.162. The van der Waals surface area contributed by atoms with E-state index in [-0.39, 0.29) is 5.75 Å². The third kappa shape index (κ3) is 7.76. The van der Waals surface area contributed by atoms with E-state index >= 15 is 0 Å². The summed E-state index contributed by atoms with van der Waals surface area (Å²) < 4.78 is 66.7. The van der Waals surface area contributed by atoms with E-state index in [4.69, 9.17) is 14.5 Å². The van der Waals surface area contributed by atoms with Crippen LogP contribution in [-0.2, 0) is 12.6 Å². The third-order valence-electron chi connectivity index (χ3n) is 7.81. The number of unbranched alkanes of at least 4 members (excludes halogenated alkanes) is 1. The summed E-state index contributed by atoms with van der Waals surface area (Å²) in [5.74, 6) is 1.22. The Morgan fingerprint density at radius 2 is 1.65 bits per heavy atom. The number of piperidine rings is 1. The fourth-order valence-electron chi connectivity index (χ4n) is 5.40. The van der Waals surface area contributed by atoms with Crippen molar-refractivity contribution in [3.63, 3.8) is 0 Å². The summed E-state index contributed by atoms with van der Waals surface area (Å²) in [7, 11) is 0. The molecule has 5 rings (SSSR count). The molecule has 0 spiro atoms. The number of alkyl halides is 3. The lowest BCUT2D eigenvalue weighted by Gasteiger charge is -2.31. The smallest absolute Gasteiger partial charge is 0.419 e. The predicted octanol–water partition coefficient (Wildman–Crippen LogP) is 8.94. The highest BCUT2D eigenvalue weighted by molar-refractivity contribution is 5.61. The van der Waals surface area contributed by atoms with Gasteiger partial charge in [-0.15, -0.1) is 0 Å². The van der Waals surface area contributed by atoms with E-state index in [9.17, 15) is 17.6 Å². The van der Waals surface area contributed by atoms with Crippen LogP contribution < -0.4 is 9.47 Å². The first kappa shape index (κ1) is 30.6. The fraction of sp³-hybridized carbons (Fsp3) is 0.382. The summed E-state index contributed by atoms with van der Waals surface area (Å²) in [6.45, 7) is 8.40. The Bertz CT molecular complexity index is 1480. The Balaban J connectivity index is 1.29. The number of aryl methyl sites for hydroxylation is 1. The van der Waals surface area contributed by atoms with Crippen molar-refractivity contribution in [2.45, 2.75) is 52.1 Å². The molecule has 43 heavy (non-hydrogen) atoms. The SMILES string of the molecule is CCCCc1nc(-c2ccc(OC[C@@H]3CCCN(CC)C3)cc2)cn1-c1ccc(Oc2ccc(F)c(C(F)(F)F)c2)cc1. The van der Waals surface area contributed by atoms with Gasteiger partial charge in [-0.3, -0.25) is 0 Å². The molecule has 3 aromatic carbocycles. The first-order valence-electron chi connectivity index (χ1n) is 14.9. The van der Waals surface area contributed by atoms with Gasteiger partial charge < -0.3 is 18.9 Å². The Morgan fingerprint density at radius 3 is 2.35 bits per heavy atom. The first-order valence-corrected chi connectivity index (χ1v) is 14.9. The molecule has 0 aliphatic carbocycles. The van der Waals surface area contributed by atoms with Crippen molar-refractivity contribution in [2.75, 3.05) is 26.2 Å². The molecule has 0 radical (unpaired) electrons. The van der Waals surface area contributed by atoms with Gasteiger partial charge in [0, 0.05) is 36.3 Å². The number of nitrogens with zero attached hydrogens (tertiary/aromatic N) is 3. The molecule has 228 valence electrons. The summed E-state index contributed by atoms with van der Waals surface area (Å²) in [6, 6.07) is 17.6. The van der Waals surface area contributed by atoms with Crippen molar-refractivity contribution in [1.29, 1.82) is 0 Å². The fourth-order valence-corrected chi connectivity index (χ4v) is 5.40. The van der Waals surface area contributed by atoms with Crippen LogP contribution in [0.25, 0.3) is 16.9 Å². The zero-order valence-electron chi connectivity index (χ0n) is 24.5. The Labute approximate surface area is 250 Å². The maximum Gasteiger partial charge on any atom is 0.419 e. The number of rotatable bonds is 11. The molecule has 0 unspecified atom stereocenters. The van der Waals surface area contributed by atoms with Crippen molar-refractivity contribution in [3.8, 4) is 34.2 Å². The van der Waals surface area contributed by atoms with E-state index in [1.807, 2.05) is 47.2 Å². The van der Waals surface area contributed by atoms with Gasteiger partial charge in [0.05, 0.1) is 17.9 Å². The van der Waals surface area contributed by atoms with Gasteiger partial charge in [0.2, 0.25) is 0 Å². The second-order valence-corrected chi connectivity index (χ2v) is 11.0. The predicted molar refractivity (Wildman–Crippen MR) is 159 cm³/mol. The highest BCUT2D eigenvalue weighted by Crippen LogP contribution is 2.35. The summed E-state index contributed by atoms with van der Waals surface area (Å²) in [5.41, 5.74) is 1.31. The van der Waals surface area contributed by atoms with Gasteiger partial charge in [-0.1, -0.05) is 20.3 Å². The van der Waals surface area contributed by atoms with Crippen LogP contribution in [0.1, 0.15) is 50.9 Å². The molecule has 1 atom stereocenters. The van der Waals surface area contributed by atoms with Gasteiger partial charge >= 0.3 is 6.18 Å². The second-order valence-electron chi connectivity index (χ2n) is 11.0. The molecule has 9 heteroatoms. The summed E-state index contributed by atoms with van der Waals surface area (Å²) in [4.78, 5) is 7.41. The highest BCUT2D eigenvalue weighted by Gasteiger charge is 2.34. The average Bonchev–Trinajstić information content (AvgIpc) is 3.44. The van der Waals surface area contributed by atoms with E-state index < -0.39 is 17.6 Å². The van der Waals surface area contributed by atoms with Gasteiger partial charge in [0.25, 0.3) is 0 Å². The molecule has 0 N–H and O–H groups in total. The summed E-state index contributed by atoms with van der Waals surface area (Å²) in [6.07, 6.45) is 2.40. The van der Waals surface area contributed by atoms with Crippen molar-refractivity contribution in [1.82, 2.24) is 14.5 Å². The summed E-state index contributed by atoms with van der Waals surface area (Å²) in [5, 5.41) is 0. The van der Waals surface area contributed by atoms with Crippen LogP contribution in [0.3, 0.4) is 0 Å². The molecule has 1 saturated heterocycles. The maximum atomic E-state index is 13.7. The van der Waals surface area contributed by atoms with Crippen LogP contribution in [0, 0.1) is 11.7 Å². The number of hydrogen-bond donors (Lipinski definition) is 0. The molecule has 4 aromatic rings. The Hall–Kier alpha value is -3.85. The number of halogens is 4. The molecular formula is C34H37F4N3O2. The van der Waals surface area contributed by atoms with Crippen molar-refractivity contribution in [2.24, 2.45) is 5.92 Å². The molecule has 1 aromatic heterocycles. The van der Waals surface area contributed by atoms with Gasteiger partial charge in [0.1, 0.15) is 28.9 Å². The lowest BCUT2D eigenvalue weighted by Crippen LogP contribution is -2.37. The van der Waals surface area contributed by atoms with Gasteiger partial charge in [-0.05, 0) is 99.1 Å². The first-order chi connectivity index (χ1) is 20.7. The number of ether oxygens (including phenoxy) is 2. The molecule has 2 heterocycles. The van der Waals surface area contributed by atoms with Crippen LogP contribution in [0.15, 0.2) is 72.9 Å². The number of hydrogen-bond acceptors (Lipinski definition) is 4. The van der Waals surface area contributed by atoms with Gasteiger partial charge in [-0.2, -0.15) is 13.2 Å². The molecule has 5 nitrogen and oxygen atoms in total. The number of aromatic nitrogens is 2. The van der Waals surface area contributed by atoms with E-state index in [2.05, 4.69) is 18.7 Å². The van der Waals surface area contributed by atoms with Crippen molar-refractivity contribution in [3.05, 3.63) is 90.1 Å². The monoisotopic (exact) mass is 595 g/mol. The standard InChI is InChI=1S/C34H37F4N3O2/c1-3-5-8-33-39-32(25-9-13-27(14-10-25)42-23-24-7-6-19-40(4-2)21-24)22-41(33)26-11-15-28(16-12-26)43-29-17-18-31(35)30(20-29)34(36,37)38/h9-18,20,22,24H,3-8,19,21,23H2,1-2H3/t24-/m1/s1. The van der Waals surface area contributed by atoms with E-state index in [0.29, 0.717) is 17.7 Å². The minimum atomic E-state index is -4.81. The minimum Gasteiger partial charge on any atom is -0.493 e. The van der Waals surface area contributed by atoms with E-state index in [0.717, 1.165) is 73.5 Å². The third-order valence-corrected chi connectivity index (χ3v) is 7.81. The molecule has 1 fully saturated rings. The summed E-state index contributed by atoms with van der Waals surface area (Å²) >= 11 is 0. The normalized spacial score (nSPS) is 15.9. The van der Waals surface area contributed by atoms with Gasteiger partial charge in [0.15, 0.2) is 0 Å². The van der Waals surface area contributed by atoms with Crippen LogP contribution in [0.2, 0.25) is 0 Å². The lowest BCUT2D eigenvalue weighted by atomic mass is 9.99.